The van der Waals surface area contributed by atoms with E-state index in [9.17, 15) is 0 Å². The lowest BCUT2D eigenvalue weighted by molar-refractivity contribution is 0.969. The number of aryl methyl sites for hydroxylation is 1. The molecule has 0 radical (unpaired) electrons. The molecule has 0 saturated carbocycles. The van der Waals surface area contributed by atoms with E-state index in [1.54, 1.807) is 4.52 Å². The van der Waals surface area contributed by atoms with Crippen LogP contribution in [0.3, 0.4) is 0 Å². The van der Waals surface area contributed by atoms with Crippen LogP contribution in [0.25, 0.3) is 26.2 Å². The quantitative estimate of drug-likeness (QED) is 0.569. The standard InChI is InChI=1S/C12H8N6S2/c1-7-9(20-17-13-7)10-14-15-12-18(10)16-11(19-12)8-5-3-2-4-6-8/h2-6H,1H3. The number of hydrogen-bond donors (Lipinski definition) is 0. The summed E-state index contributed by atoms with van der Waals surface area (Å²) in [6.45, 7) is 1.91. The summed E-state index contributed by atoms with van der Waals surface area (Å²) < 4.78 is 5.69. The predicted octanol–water partition coefficient (Wildman–Crippen LogP) is 2.68. The number of nitrogens with zero attached hydrogens (tertiary/aromatic N) is 6. The highest BCUT2D eigenvalue weighted by Crippen LogP contribution is 2.29. The monoisotopic (exact) mass is 300 g/mol. The fourth-order valence-electron chi connectivity index (χ4n) is 1.89. The summed E-state index contributed by atoms with van der Waals surface area (Å²) >= 11 is 2.82. The lowest BCUT2D eigenvalue weighted by Crippen LogP contribution is -1.90. The number of hydrogen-bond acceptors (Lipinski definition) is 7. The van der Waals surface area contributed by atoms with Gasteiger partial charge in [-0.1, -0.05) is 46.2 Å². The Hall–Kier alpha value is -2.19. The van der Waals surface area contributed by atoms with Gasteiger partial charge in [0.2, 0.25) is 4.96 Å². The molecule has 0 N–H and O–H groups in total. The molecule has 20 heavy (non-hydrogen) atoms. The molecule has 0 unspecified atom stereocenters. The summed E-state index contributed by atoms with van der Waals surface area (Å²) in [6, 6.07) is 10.0. The SMILES string of the molecule is Cc1nnsc1-c1nnc2sc(-c3ccccc3)nn12. The third kappa shape index (κ3) is 1.73. The molecule has 0 aliphatic rings. The van der Waals surface area contributed by atoms with Crippen LogP contribution in [0.1, 0.15) is 5.69 Å². The minimum atomic E-state index is 0.700. The van der Waals surface area contributed by atoms with E-state index >= 15 is 0 Å². The van der Waals surface area contributed by atoms with Crippen LogP contribution in [0.2, 0.25) is 0 Å². The Kier molecular flexibility index (Phi) is 2.57. The summed E-state index contributed by atoms with van der Waals surface area (Å²) in [5.41, 5.74) is 1.92. The van der Waals surface area contributed by atoms with Crippen LogP contribution >= 0.6 is 22.9 Å². The van der Waals surface area contributed by atoms with Crippen LogP contribution in [-0.4, -0.2) is 29.4 Å². The summed E-state index contributed by atoms with van der Waals surface area (Å²) in [5, 5.41) is 17.9. The van der Waals surface area contributed by atoms with Gasteiger partial charge in [-0.15, -0.1) is 15.3 Å². The third-order valence-corrected chi connectivity index (χ3v) is 4.64. The van der Waals surface area contributed by atoms with Crippen LogP contribution in [0.5, 0.6) is 0 Å². The van der Waals surface area contributed by atoms with Gasteiger partial charge in [-0.2, -0.15) is 9.61 Å². The Labute approximate surface area is 121 Å². The van der Waals surface area contributed by atoms with Crippen molar-refractivity contribution in [1.82, 2.24) is 29.4 Å². The zero-order valence-corrected chi connectivity index (χ0v) is 12.0. The zero-order valence-electron chi connectivity index (χ0n) is 10.4. The smallest absolute Gasteiger partial charge is 0.181 e. The van der Waals surface area contributed by atoms with Crippen LogP contribution < -0.4 is 0 Å². The molecule has 0 fully saturated rings. The highest BCUT2D eigenvalue weighted by molar-refractivity contribution is 7.19. The molecule has 98 valence electrons. The lowest BCUT2D eigenvalue weighted by atomic mass is 10.2. The average molecular weight is 300 g/mol. The lowest BCUT2D eigenvalue weighted by Gasteiger charge is -1.93. The molecule has 0 atom stereocenters. The molecule has 0 aliphatic heterocycles. The highest BCUT2D eigenvalue weighted by atomic mass is 32.1. The van der Waals surface area contributed by atoms with E-state index in [2.05, 4.69) is 24.9 Å². The first-order valence-corrected chi connectivity index (χ1v) is 7.49. The maximum absolute atomic E-state index is 4.60. The molecule has 4 rings (SSSR count). The van der Waals surface area contributed by atoms with Gasteiger partial charge < -0.3 is 0 Å². The van der Waals surface area contributed by atoms with Crippen molar-refractivity contribution in [2.24, 2.45) is 0 Å². The number of fused-ring (bicyclic) bond motifs is 1. The van der Waals surface area contributed by atoms with Gasteiger partial charge in [0.1, 0.15) is 9.88 Å². The van der Waals surface area contributed by atoms with E-state index in [-0.39, 0.29) is 0 Å². The van der Waals surface area contributed by atoms with E-state index in [0.29, 0.717) is 5.82 Å². The van der Waals surface area contributed by atoms with Crippen LogP contribution in [-0.2, 0) is 0 Å². The Morgan fingerprint density at radius 3 is 2.65 bits per heavy atom. The summed E-state index contributed by atoms with van der Waals surface area (Å²) in [7, 11) is 0. The maximum atomic E-state index is 4.60. The molecule has 4 aromatic rings. The number of rotatable bonds is 2. The van der Waals surface area contributed by atoms with Crippen molar-refractivity contribution in [2.45, 2.75) is 6.92 Å². The van der Waals surface area contributed by atoms with Crippen molar-refractivity contribution in [1.29, 1.82) is 0 Å². The van der Waals surface area contributed by atoms with Gasteiger partial charge in [-0.3, -0.25) is 0 Å². The molecule has 1 aromatic carbocycles. The molecule has 0 spiro atoms. The number of aromatic nitrogens is 6. The van der Waals surface area contributed by atoms with Crippen LogP contribution in [0.4, 0.5) is 0 Å². The predicted molar refractivity (Wildman–Crippen MR) is 77.7 cm³/mol. The first-order valence-electron chi connectivity index (χ1n) is 5.90. The Morgan fingerprint density at radius 2 is 1.90 bits per heavy atom. The molecule has 0 amide bonds. The van der Waals surface area contributed by atoms with E-state index in [1.807, 2.05) is 37.3 Å². The highest BCUT2D eigenvalue weighted by Gasteiger charge is 2.17. The van der Waals surface area contributed by atoms with Crippen molar-refractivity contribution < 1.29 is 0 Å². The zero-order chi connectivity index (χ0) is 13.5. The van der Waals surface area contributed by atoms with Crippen molar-refractivity contribution in [2.75, 3.05) is 0 Å². The normalized spacial score (nSPS) is 11.2. The minimum absolute atomic E-state index is 0.700. The fraction of sp³-hybridized carbons (Fsp3) is 0.0833. The first-order chi connectivity index (χ1) is 9.83. The molecule has 0 saturated heterocycles. The van der Waals surface area contributed by atoms with Gasteiger partial charge in [0.25, 0.3) is 0 Å². The van der Waals surface area contributed by atoms with Gasteiger partial charge >= 0.3 is 0 Å². The van der Waals surface area contributed by atoms with Crippen molar-refractivity contribution in [3.63, 3.8) is 0 Å². The Bertz CT molecular complexity index is 876. The number of benzene rings is 1. The van der Waals surface area contributed by atoms with Crippen LogP contribution in [0.15, 0.2) is 30.3 Å². The molecular weight excluding hydrogens is 292 g/mol. The Balaban J connectivity index is 1.90. The average Bonchev–Trinajstić information content (AvgIpc) is 3.15. The Morgan fingerprint density at radius 1 is 1.05 bits per heavy atom. The largest absolute Gasteiger partial charge is 0.235 e. The molecule has 8 heteroatoms. The second-order valence-electron chi connectivity index (χ2n) is 4.18. The van der Waals surface area contributed by atoms with Gasteiger partial charge in [-0.25, -0.2) is 0 Å². The van der Waals surface area contributed by atoms with Crippen LogP contribution in [0, 0.1) is 6.92 Å². The second kappa shape index (κ2) is 4.43. The molecule has 3 aromatic heterocycles. The van der Waals surface area contributed by atoms with E-state index < -0.39 is 0 Å². The molecular formula is C12H8N6S2. The van der Waals surface area contributed by atoms with E-state index in [4.69, 9.17) is 0 Å². The molecule has 3 heterocycles. The van der Waals surface area contributed by atoms with Gasteiger partial charge in [0.05, 0.1) is 5.69 Å². The molecule has 0 bridgehead atoms. The summed E-state index contributed by atoms with van der Waals surface area (Å²) in [5.74, 6) is 0.700. The van der Waals surface area contributed by atoms with Gasteiger partial charge in [0.15, 0.2) is 5.82 Å². The summed E-state index contributed by atoms with van der Waals surface area (Å²) in [6.07, 6.45) is 0. The van der Waals surface area contributed by atoms with Crippen molar-refractivity contribution >= 4 is 27.8 Å². The summed E-state index contributed by atoms with van der Waals surface area (Å²) in [4.78, 5) is 1.68. The molecule has 0 aliphatic carbocycles. The maximum Gasteiger partial charge on any atom is 0.235 e. The van der Waals surface area contributed by atoms with Crippen molar-refractivity contribution in [3.05, 3.63) is 36.0 Å². The van der Waals surface area contributed by atoms with E-state index in [0.717, 1.165) is 26.1 Å². The molecule has 6 nitrogen and oxygen atoms in total. The van der Waals surface area contributed by atoms with E-state index in [1.165, 1.54) is 22.9 Å². The van der Waals surface area contributed by atoms with Gasteiger partial charge in [-0.05, 0) is 18.5 Å². The third-order valence-electron chi connectivity index (χ3n) is 2.87. The second-order valence-corrected chi connectivity index (χ2v) is 5.89. The van der Waals surface area contributed by atoms with Gasteiger partial charge in [0, 0.05) is 5.56 Å². The minimum Gasteiger partial charge on any atom is -0.181 e. The fourth-order valence-corrected chi connectivity index (χ4v) is 3.36. The topological polar surface area (TPSA) is 68.9 Å². The first kappa shape index (κ1) is 11.6. The van der Waals surface area contributed by atoms with Crippen molar-refractivity contribution in [3.8, 4) is 21.3 Å².